The summed E-state index contributed by atoms with van der Waals surface area (Å²) in [5, 5.41) is 6.73. The molecule has 0 aliphatic heterocycles. The summed E-state index contributed by atoms with van der Waals surface area (Å²) in [5.74, 6) is 0. The zero-order valence-electron chi connectivity index (χ0n) is 2.83. The molecule has 0 aliphatic rings. The SMILES string of the molecule is [TeH]c1conn1. The van der Waals surface area contributed by atoms with Crippen LogP contribution in [-0.2, 0) is 0 Å². The van der Waals surface area contributed by atoms with Crippen molar-refractivity contribution in [3.63, 3.8) is 0 Å². The molecule has 0 N–H and O–H groups in total. The predicted molar refractivity (Wildman–Crippen MR) is 21.1 cm³/mol. The van der Waals surface area contributed by atoms with E-state index in [1.54, 1.807) is 0 Å². The summed E-state index contributed by atoms with van der Waals surface area (Å²) in [5.41, 5.74) is 0. The molecule has 0 saturated heterocycles. The molecule has 4 heteroatoms. The first-order valence-electron chi connectivity index (χ1n) is 1.35. The first kappa shape index (κ1) is 4.10. The summed E-state index contributed by atoms with van der Waals surface area (Å²) >= 11 is 1.50. The minimum absolute atomic E-state index is 0.865. The van der Waals surface area contributed by atoms with Crippen molar-refractivity contribution in [1.29, 1.82) is 0 Å². The Labute approximate surface area is 47.6 Å². The molecule has 0 spiro atoms. The Morgan fingerprint density at radius 3 is 2.83 bits per heavy atom. The van der Waals surface area contributed by atoms with Crippen molar-refractivity contribution in [2.24, 2.45) is 0 Å². The fourth-order valence-electron chi connectivity index (χ4n) is 0.160. The van der Waals surface area contributed by atoms with Crippen LogP contribution in [0.1, 0.15) is 0 Å². The third-order valence-corrected chi connectivity index (χ3v) is 0.905. The first-order valence-corrected chi connectivity index (χ1v) is 2.63. The van der Waals surface area contributed by atoms with E-state index in [-0.39, 0.29) is 0 Å². The van der Waals surface area contributed by atoms with Crippen molar-refractivity contribution in [2.75, 3.05) is 0 Å². The fourth-order valence-corrected chi connectivity index (χ4v) is 0.398. The number of aromatic nitrogens is 2. The molecule has 1 rings (SSSR count). The Balaban J connectivity index is 3.05. The molecular weight excluding hydrogens is 196 g/mol. The molecule has 6 heavy (non-hydrogen) atoms. The van der Waals surface area contributed by atoms with E-state index < -0.39 is 0 Å². The van der Waals surface area contributed by atoms with Crippen LogP contribution < -0.4 is 3.74 Å². The van der Waals surface area contributed by atoms with Crippen LogP contribution in [0.5, 0.6) is 0 Å². The van der Waals surface area contributed by atoms with Gasteiger partial charge in [0.1, 0.15) is 0 Å². The van der Waals surface area contributed by atoms with Gasteiger partial charge in [-0.2, -0.15) is 0 Å². The fraction of sp³-hybridized carbons (Fsp3) is 0. The number of nitrogens with zero attached hydrogens (tertiary/aromatic N) is 2. The van der Waals surface area contributed by atoms with Crippen LogP contribution in [0.25, 0.3) is 0 Å². The quantitative estimate of drug-likeness (QED) is 0.480. The third-order valence-electron chi connectivity index (χ3n) is 0.349. The molecule has 1 aromatic rings. The van der Waals surface area contributed by atoms with Crippen LogP contribution in [-0.4, -0.2) is 32.7 Å². The molecule has 32 valence electrons. The van der Waals surface area contributed by atoms with Gasteiger partial charge in [-0.15, -0.1) is 0 Å². The van der Waals surface area contributed by atoms with Gasteiger partial charge in [0, 0.05) is 0 Å². The Kier molecular flexibility index (Phi) is 1.08. The van der Waals surface area contributed by atoms with E-state index in [1.807, 2.05) is 0 Å². The third kappa shape index (κ3) is 0.702. The van der Waals surface area contributed by atoms with Crippen LogP contribution in [0.3, 0.4) is 0 Å². The molecule has 1 heterocycles. The standard InChI is InChI=1S/C2H2N2OTe/c6-2-1-5-4-3-2/h1,6H. The van der Waals surface area contributed by atoms with Crippen LogP contribution in [0.2, 0.25) is 0 Å². The monoisotopic (exact) mass is 200 g/mol. The summed E-state index contributed by atoms with van der Waals surface area (Å²) in [7, 11) is 0. The predicted octanol–water partition coefficient (Wildman–Crippen LogP) is -1.40. The Morgan fingerprint density at radius 1 is 1.83 bits per heavy atom. The van der Waals surface area contributed by atoms with E-state index in [0.29, 0.717) is 0 Å². The van der Waals surface area contributed by atoms with Crippen molar-refractivity contribution in [3.05, 3.63) is 6.26 Å². The van der Waals surface area contributed by atoms with Crippen LogP contribution >= 0.6 is 0 Å². The van der Waals surface area contributed by atoms with Crippen LogP contribution in [0.15, 0.2) is 10.8 Å². The van der Waals surface area contributed by atoms with Crippen molar-refractivity contribution in [1.82, 2.24) is 10.4 Å². The molecule has 0 aromatic carbocycles. The summed E-state index contributed by atoms with van der Waals surface area (Å²) in [6.07, 6.45) is 1.51. The number of hydrogen-bond acceptors (Lipinski definition) is 3. The van der Waals surface area contributed by atoms with E-state index in [0.717, 1.165) is 3.74 Å². The van der Waals surface area contributed by atoms with Gasteiger partial charge in [0.2, 0.25) is 0 Å². The van der Waals surface area contributed by atoms with Crippen molar-refractivity contribution in [3.8, 4) is 0 Å². The van der Waals surface area contributed by atoms with Crippen molar-refractivity contribution >= 4 is 26.0 Å². The molecule has 0 radical (unpaired) electrons. The minimum atomic E-state index is 0.865. The molecule has 0 bridgehead atoms. The molecule has 0 amide bonds. The number of hydrogen-bond donors (Lipinski definition) is 0. The summed E-state index contributed by atoms with van der Waals surface area (Å²) in [6.45, 7) is 0. The molecule has 0 aliphatic carbocycles. The second kappa shape index (κ2) is 1.59. The summed E-state index contributed by atoms with van der Waals surface area (Å²) in [4.78, 5) is 0. The van der Waals surface area contributed by atoms with Gasteiger partial charge < -0.3 is 0 Å². The molecule has 0 atom stereocenters. The van der Waals surface area contributed by atoms with E-state index in [4.69, 9.17) is 0 Å². The average Bonchev–Trinajstić information content (AvgIpc) is 1.86. The van der Waals surface area contributed by atoms with Crippen LogP contribution in [0.4, 0.5) is 0 Å². The van der Waals surface area contributed by atoms with E-state index >= 15 is 0 Å². The molecular formula is C2H2N2OTe. The number of rotatable bonds is 0. The Morgan fingerprint density at radius 2 is 2.67 bits per heavy atom. The average molecular weight is 198 g/mol. The normalized spacial score (nSPS) is 8.83. The van der Waals surface area contributed by atoms with E-state index in [9.17, 15) is 0 Å². The summed E-state index contributed by atoms with van der Waals surface area (Å²) < 4.78 is 5.23. The maximum absolute atomic E-state index is 4.37. The van der Waals surface area contributed by atoms with Gasteiger partial charge >= 0.3 is 47.2 Å². The topological polar surface area (TPSA) is 38.9 Å². The van der Waals surface area contributed by atoms with E-state index in [1.165, 1.54) is 28.6 Å². The first-order chi connectivity index (χ1) is 2.89. The Hall–Kier alpha value is -0.0704. The van der Waals surface area contributed by atoms with Gasteiger partial charge in [0.05, 0.1) is 0 Å². The second-order valence-corrected chi connectivity index (χ2v) is 2.07. The molecule has 3 nitrogen and oxygen atoms in total. The second-order valence-electron chi connectivity index (χ2n) is 0.763. The molecule has 0 fully saturated rings. The van der Waals surface area contributed by atoms with Gasteiger partial charge in [-0.25, -0.2) is 0 Å². The molecule has 0 saturated carbocycles. The Bertz CT molecular complexity index is 115. The van der Waals surface area contributed by atoms with Gasteiger partial charge in [-0.05, 0) is 0 Å². The van der Waals surface area contributed by atoms with Crippen LogP contribution in [0, 0.1) is 0 Å². The van der Waals surface area contributed by atoms with Crippen molar-refractivity contribution in [2.45, 2.75) is 0 Å². The van der Waals surface area contributed by atoms with Gasteiger partial charge in [-0.3, -0.25) is 0 Å². The summed E-state index contributed by atoms with van der Waals surface area (Å²) in [6, 6.07) is 0. The maximum atomic E-state index is 4.37. The van der Waals surface area contributed by atoms with E-state index in [2.05, 4.69) is 14.9 Å². The molecule has 0 unspecified atom stereocenters. The van der Waals surface area contributed by atoms with Gasteiger partial charge in [0.25, 0.3) is 0 Å². The van der Waals surface area contributed by atoms with Crippen molar-refractivity contribution < 1.29 is 4.52 Å². The zero-order chi connectivity index (χ0) is 4.41. The van der Waals surface area contributed by atoms with Gasteiger partial charge in [-0.1, -0.05) is 0 Å². The zero-order valence-corrected chi connectivity index (χ0v) is 5.38. The van der Waals surface area contributed by atoms with Gasteiger partial charge in [0.15, 0.2) is 0 Å². The molecule has 1 aromatic heterocycles.